The Bertz CT molecular complexity index is 3920. The number of hydrogen-bond acceptors (Lipinski definition) is 4. The van der Waals surface area contributed by atoms with Crippen LogP contribution in [0.3, 0.4) is 0 Å². The number of rotatable bonds is 12. The first-order chi connectivity index (χ1) is 39.1. The molecule has 0 unspecified atom stereocenters. The van der Waals surface area contributed by atoms with Crippen LogP contribution in [0.4, 0.5) is 34.1 Å². The Morgan fingerprint density at radius 3 is 0.827 bits per heavy atom. The van der Waals surface area contributed by atoms with Gasteiger partial charge in [0.2, 0.25) is 0 Å². The second-order valence-electron chi connectivity index (χ2n) is 24.0. The second kappa shape index (κ2) is 19.6. The zero-order valence-electron chi connectivity index (χ0n) is 48.2. The van der Waals surface area contributed by atoms with Crippen molar-refractivity contribution in [2.45, 2.75) is 71.6 Å². The van der Waals surface area contributed by atoms with Gasteiger partial charge in [-0.3, -0.25) is 0 Å². The Balaban J connectivity index is 0.729. The van der Waals surface area contributed by atoms with Crippen molar-refractivity contribution in [3.63, 3.8) is 0 Å². The molecule has 0 amide bonds. The predicted octanol–water partition coefficient (Wildman–Crippen LogP) is 20.5. The fraction of sp³-hybridized carbons (Fsp3) is 0.169. The first-order valence-corrected chi connectivity index (χ1v) is 28.4. The Labute approximate surface area is 478 Å². The highest BCUT2D eigenvalue weighted by Gasteiger charge is 2.39. The van der Waals surface area contributed by atoms with Crippen LogP contribution in [0.15, 0.2) is 206 Å². The Morgan fingerprint density at radius 1 is 0.284 bits per heavy atom. The monoisotopic (exact) mass is 1050 g/mol. The van der Waals surface area contributed by atoms with E-state index in [9.17, 15) is 0 Å². The number of benzene rings is 10. The molecule has 0 saturated carbocycles. The van der Waals surface area contributed by atoms with Gasteiger partial charge in [-0.15, -0.1) is 0 Å². The number of ether oxygens (including phenoxy) is 2. The first-order valence-electron chi connectivity index (χ1n) is 28.4. The molecule has 0 aromatic heterocycles. The average Bonchev–Trinajstić information content (AvgIpc) is 3.44. The first kappa shape index (κ1) is 51.3. The van der Waals surface area contributed by atoms with E-state index in [1.807, 2.05) is 24.3 Å². The van der Waals surface area contributed by atoms with E-state index in [1.165, 1.54) is 100 Å². The fourth-order valence-electron chi connectivity index (χ4n) is 13.2. The van der Waals surface area contributed by atoms with Crippen LogP contribution in [0.2, 0.25) is 0 Å². The summed E-state index contributed by atoms with van der Waals surface area (Å²) in [6, 6.07) is 76.2. The van der Waals surface area contributed by atoms with Crippen LogP contribution in [0.1, 0.15) is 108 Å². The molecule has 10 aromatic carbocycles. The molecule has 81 heavy (non-hydrogen) atoms. The lowest BCUT2D eigenvalue weighted by atomic mass is 9.81. The lowest BCUT2D eigenvalue weighted by Crippen LogP contribution is -2.16. The normalized spacial score (nSPS) is 14.5. The lowest BCUT2D eigenvalue weighted by Gasteiger charge is -2.28. The molecule has 0 radical (unpaired) electrons. The van der Waals surface area contributed by atoms with E-state index in [2.05, 4.69) is 271 Å². The minimum atomic E-state index is -0.193. The van der Waals surface area contributed by atoms with Gasteiger partial charge in [-0.1, -0.05) is 175 Å². The van der Waals surface area contributed by atoms with Crippen LogP contribution < -0.4 is 19.3 Å². The molecule has 3 aliphatic rings. The van der Waals surface area contributed by atoms with Crippen molar-refractivity contribution < 1.29 is 9.47 Å². The average molecular weight is 1050 g/mol. The highest BCUT2D eigenvalue weighted by atomic mass is 16.5. The van der Waals surface area contributed by atoms with E-state index in [-0.39, 0.29) is 16.2 Å². The van der Waals surface area contributed by atoms with Gasteiger partial charge in [0.15, 0.2) is 0 Å². The Morgan fingerprint density at radius 2 is 0.543 bits per heavy atom. The van der Waals surface area contributed by atoms with Crippen LogP contribution in [-0.4, -0.2) is 14.2 Å². The molecule has 4 nitrogen and oxygen atoms in total. The zero-order valence-corrected chi connectivity index (χ0v) is 48.2. The topological polar surface area (TPSA) is 24.9 Å². The molecule has 3 aliphatic carbocycles. The van der Waals surface area contributed by atoms with Gasteiger partial charge in [-0.2, -0.15) is 0 Å². The van der Waals surface area contributed by atoms with Gasteiger partial charge >= 0.3 is 0 Å². The summed E-state index contributed by atoms with van der Waals surface area (Å²) in [5.74, 6) is 1.69. The summed E-state index contributed by atoms with van der Waals surface area (Å²) in [5.41, 5.74) is 29.4. The molecule has 0 heterocycles. The van der Waals surface area contributed by atoms with Gasteiger partial charge in [0.1, 0.15) is 11.5 Å². The van der Waals surface area contributed by atoms with Gasteiger partial charge in [0, 0.05) is 50.4 Å². The Hall–Kier alpha value is -9.12. The van der Waals surface area contributed by atoms with Crippen LogP contribution in [0.25, 0.3) is 57.7 Å². The van der Waals surface area contributed by atoms with E-state index in [4.69, 9.17) is 9.47 Å². The van der Waals surface area contributed by atoms with Crippen molar-refractivity contribution in [1.82, 2.24) is 0 Å². The van der Waals surface area contributed by atoms with Crippen LogP contribution in [-0.2, 0) is 16.2 Å². The standard InChI is InChI=1S/C77H68N2O2/c1-49-13-11-15-57(41-49)78(55-25-31-61(80-9)32-26-55)59-29-39-67-65-37-23-53(45-71(65)76(5,6)73(67)47-59)19-17-51-21-35-63-64-36-22-52(44-70(64)75(3,4)69(63)43-51)18-20-54-24-38-66-68-40-30-60(48-74(68)77(7,8)72(66)46-54)79(58-16-12-14-50(2)42-58)56-27-33-62(81-10)34-28-56/h11-48H,1-10H3/b19-17+,20-18+. The number of aryl methyl sites for hydroxylation is 2. The maximum atomic E-state index is 5.53. The number of nitrogens with zero attached hydrogens (tertiary/aromatic N) is 2. The third kappa shape index (κ3) is 8.85. The van der Waals surface area contributed by atoms with Crippen LogP contribution in [0, 0.1) is 13.8 Å². The smallest absolute Gasteiger partial charge is 0.119 e. The third-order valence-electron chi connectivity index (χ3n) is 17.7. The Kier molecular flexibility index (Phi) is 12.4. The highest BCUT2D eigenvalue weighted by molar-refractivity contribution is 5.90. The maximum absolute atomic E-state index is 5.53. The lowest BCUT2D eigenvalue weighted by molar-refractivity contribution is 0.414. The number of fused-ring (bicyclic) bond motifs is 9. The largest absolute Gasteiger partial charge is 0.497 e. The third-order valence-corrected chi connectivity index (χ3v) is 17.7. The molecule has 0 fully saturated rings. The second-order valence-corrected chi connectivity index (χ2v) is 24.0. The molecule has 0 atom stereocenters. The minimum Gasteiger partial charge on any atom is -0.497 e. The van der Waals surface area contributed by atoms with Crippen LogP contribution in [0.5, 0.6) is 11.5 Å². The predicted molar refractivity (Wildman–Crippen MR) is 342 cm³/mol. The summed E-state index contributed by atoms with van der Waals surface area (Å²) >= 11 is 0. The van der Waals surface area contributed by atoms with Crippen molar-refractivity contribution in [1.29, 1.82) is 0 Å². The van der Waals surface area contributed by atoms with E-state index in [0.29, 0.717) is 0 Å². The van der Waals surface area contributed by atoms with Gasteiger partial charge in [-0.25, -0.2) is 0 Å². The SMILES string of the molecule is COc1ccc(N(c2cccc(C)c2)c2ccc3c(c2)C(C)(C)c2cc(/C=C/c4ccc5c(c4)C(C)(C)c4cc(/C=C/c6ccc7c(c6)C(C)(C)c6cc(N(c8ccc(OC)cc8)c8cccc(C)c8)ccc6-7)ccc4-5)ccc2-3)cc1. The minimum absolute atomic E-state index is 0.159. The molecular formula is C77H68N2O2. The van der Waals surface area contributed by atoms with Gasteiger partial charge in [0.25, 0.3) is 0 Å². The molecule has 398 valence electrons. The van der Waals surface area contributed by atoms with Crippen molar-refractivity contribution in [3.05, 3.63) is 273 Å². The molecule has 0 saturated heterocycles. The fourth-order valence-corrected chi connectivity index (χ4v) is 13.2. The molecule has 0 N–H and O–H groups in total. The quantitative estimate of drug-likeness (QED) is 0.114. The van der Waals surface area contributed by atoms with E-state index < -0.39 is 0 Å². The maximum Gasteiger partial charge on any atom is 0.119 e. The zero-order chi connectivity index (χ0) is 56.0. The number of anilines is 6. The van der Waals surface area contributed by atoms with E-state index in [1.54, 1.807) is 14.2 Å². The molecular weight excluding hydrogens is 985 g/mol. The summed E-state index contributed by atoms with van der Waals surface area (Å²) in [6.07, 6.45) is 9.14. The van der Waals surface area contributed by atoms with Crippen molar-refractivity contribution in [3.8, 4) is 44.9 Å². The molecule has 13 rings (SSSR count). The van der Waals surface area contributed by atoms with E-state index in [0.717, 1.165) is 45.6 Å². The molecule has 10 aromatic rings. The molecule has 0 aliphatic heterocycles. The van der Waals surface area contributed by atoms with Crippen molar-refractivity contribution in [2.75, 3.05) is 24.0 Å². The number of hydrogen-bond donors (Lipinski definition) is 0. The van der Waals surface area contributed by atoms with E-state index >= 15 is 0 Å². The van der Waals surface area contributed by atoms with Gasteiger partial charge in [0.05, 0.1) is 14.2 Å². The molecule has 0 bridgehead atoms. The summed E-state index contributed by atoms with van der Waals surface area (Å²) in [5, 5.41) is 0. The summed E-state index contributed by atoms with van der Waals surface area (Å²) < 4.78 is 11.1. The van der Waals surface area contributed by atoms with Crippen molar-refractivity contribution in [2.24, 2.45) is 0 Å². The molecule has 4 heteroatoms. The number of methoxy groups -OCH3 is 2. The summed E-state index contributed by atoms with van der Waals surface area (Å²) in [7, 11) is 3.43. The molecule has 0 spiro atoms. The summed E-state index contributed by atoms with van der Waals surface area (Å²) in [6.45, 7) is 18.5. The summed E-state index contributed by atoms with van der Waals surface area (Å²) in [4.78, 5) is 4.70. The van der Waals surface area contributed by atoms with Crippen molar-refractivity contribution >= 4 is 58.4 Å². The van der Waals surface area contributed by atoms with Gasteiger partial charge < -0.3 is 19.3 Å². The van der Waals surface area contributed by atoms with Gasteiger partial charge in [-0.05, 0) is 211 Å². The van der Waals surface area contributed by atoms with Crippen LogP contribution >= 0.6 is 0 Å². The highest BCUT2D eigenvalue weighted by Crippen LogP contribution is 2.54.